The lowest BCUT2D eigenvalue weighted by atomic mass is 10.1. The van der Waals surface area contributed by atoms with Gasteiger partial charge in [-0.25, -0.2) is 0 Å². The molecule has 0 aliphatic heterocycles. The molecule has 4 N–H and O–H groups in total. The van der Waals surface area contributed by atoms with Gasteiger partial charge in [-0.2, -0.15) is 0 Å². The summed E-state index contributed by atoms with van der Waals surface area (Å²) < 4.78 is 0. The van der Waals surface area contributed by atoms with Crippen molar-refractivity contribution in [2.45, 2.75) is 32.4 Å². The van der Waals surface area contributed by atoms with Gasteiger partial charge < -0.3 is 16.3 Å². The highest BCUT2D eigenvalue weighted by Crippen LogP contribution is 2.11. The van der Waals surface area contributed by atoms with Gasteiger partial charge in [0.1, 0.15) is 5.84 Å². The molecule has 5 heteroatoms. The number of amidine groups is 1. The zero-order valence-corrected chi connectivity index (χ0v) is 10.6. The first-order valence-electron chi connectivity index (χ1n) is 5.60. The lowest BCUT2D eigenvalue weighted by Crippen LogP contribution is -2.32. The Bertz CT molecular complexity index is 382. The summed E-state index contributed by atoms with van der Waals surface area (Å²) in [4.78, 5) is 0. The molecule has 4 nitrogen and oxygen atoms in total. The van der Waals surface area contributed by atoms with E-state index in [1.54, 1.807) is 0 Å². The molecule has 0 saturated heterocycles. The van der Waals surface area contributed by atoms with Crippen LogP contribution in [0.1, 0.15) is 25.3 Å². The molecule has 0 aliphatic carbocycles. The highest BCUT2D eigenvalue weighted by atomic mass is 35.5. The van der Waals surface area contributed by atoms with E-state index in [-0.39, 0.29) is 11.9 Å². The van der Waals surface area contributed by atoms with Crippen molar-refractivity contribution in [3.63, 3.8) is 0 Å². The molecule has 0 spiro atoms. The standard InChI is InChI=1S/C12H18ClN3O/c1-2-11(7-12(14)16-17)15-8-9-4-3-5-10(13)6-9/h3-6,11,15,17H,2,7-8H2,1H3,(H2,14,16). The molecule has 1 aromatic rings. The Labute approximate surface area is 106 Å². The Kier molecular flexibility index (Phi) is 5.80. The monoisotopic (exact) mass is 255 g/mol. The average molecular weight is 256 g/mol. The van der Waals surface area contributed by atoms with Crippen molar-refractivity contribution in [3.8, 4) is 0 Å². The minimum absolute atomic E-state index is 0.199. The number of nitrogens with one attached hydrogen (secondary N) is 1. The maximum Gasteiger partial charge on any atom is 0.140 e. The first-order valence-corrected chi connectivity index (χ1v) is 5.97. The number of halogens is 1. The van der Waals surface area contributed by atoms with Crippen molar-refractivity contribution in [1.29, 1.82) is 0 Å². The molecule has 0 fully saturated rings. The highest BCUT2D eigenvalue weighted by Gasteiger charge is 2.08. The largest absolute Gasteiger partial charge is 0.409 e. The molecule has 0 heterocycles. The number of hydrogen-bond donors (Lipinski definition) is 3. The Morgan fingerprint density at radius 2 is 2.35 bits per heavy atom. The Balaban J connectivity index is 2.47. The fraction of sp³-hybridized carbons (Fsp3) is 0.417. The molecule has 0 aliphatic rings. The fourth-order valence-corrected chi connectivity index (χ4v) is 1.78. The van der Waals surface area contributed by atoms with Crippen LogP contribution in [0.3, 0.4) is 0 Å². The zero-order valence-electron chi connectivity index (χ0n) is 9.86. The summed E-state index contributed by atoms with van der Waals surface area (Å²) in [5.41, 5.74) is 6.60. The van der Waals surface area contributed by atoms with Crippen molar-refractivity contribution in [3.05, 3.63) is 34.9 Å². The van der Waals surface area contributed by atoms with Crippen molar-refractivity contribution in [1.82, 2.24) is 5.32 Å². The van der Waals surface area contributed by atoms with Crippen LogP contribution in [0.4, 0.5) is 0 Å². The number of rotatable bonds is 6. The van der Waals surface area contributed by atoms with Crippen LogP contribution in [0.5, 0.6) is 0 Å². The third kappa shape index (κ3) is 5.06. The van der Waals surface area contributed by atoms with Gasteiger partial charge in [-0.1, -0.05) is 35.8 Å². The number of nitrogens with two attached hydrogens (primary N) is 1. The fourth-order valence-electron chi connectivity index (χ4n) is 1.56. The van der Waals surface area contributed by atoms with Crippen LogP contribution in [-0.4, -0.2) is 17.1 Å². The Morgan fingerprint density at radius 1 is 1.59 bits per heavy atom. The first-order chi connectivity index (χ1) is 8.15. The number of hydrogen-bond acceptors (Lipinski definition) is 3. The molecule has 0 saturated carbocycles. The summed E-state index contributed by atoms with van der Waals surface area (Å²) in [5, 5.41) is 15.6. The topological polar surface area (TPSA) is 70.6 Å². The second-order valence-corrected chi connectivity index (χ2v) is 4.35. The van der Waals surface area contributed by atoms with Crippen molar-refractivity contribution >= 4 is 17.4 Å². The lowest BCUT2D eigenvalue weighted by Gasteiger charge is -2.16. The molecule has 17 heavy (non-hydrogen) atoms. The predicted molar refractivity (Wildman–Crippen MR) is 70.4 cm³/mol. The molecule has 0 bridgehead atoms. The van der Waals surface area contributed by atoms with Crippen LogP contribution in [-0.2, 0) is 6.54 Å². The van der Waals surface area contributed by atoms with Gasteiger partial charge in [-0.05, 0) is 24.1 Å². The lowest BCUT2D eigenvalue weighted by molar-refractivity contribution is 0.315. The molecule has 0 radical (unpaired) electrons. The predicted octanol–water partition coefficient (Wildman–Crippen LogP) is 2.34. The van der Waals surface area contributed by atoms with E-state index in [0.717, 1.165) is 23.6 Å². The Morgan fingerprint density at radius 3 is 2.94 bits per heavy atom. The van der Waals surface area contributed by atoms with Crippen LogP contribution >= 0.6 is 11.6 Å². The maximum atomic E-state index is 8.52. The molecular formula is C12H18ClN3O. The molecule has 0 amide bonds. The number of oxime groups is 1. The summed E-state index contributed by atoms with van der Waals surface area (Å²) in [7, 11) is 0. The second kappa shape index (κ2) is 7.14. The SMILES string of the molecule is CCC(CC(N)=NO)NCc1cccc(Cl)c1. The van der Waals surface area contributed by atoms with Gasteiger partial charge in [-0.15, -0.1) is 0 Å². The van der Waals surface area contributed by atoms with Gasteiger partial charge >= 0.3 is 0 Å². The molecular weight excluding hydrogens is 238 g/mol. The van der Waals surface area contributed by atoms with Crippen molar-refractivity contribution in [2.75, 3.05) is 0 Å². The van der Waals surface area contributed by atoms with Gasteiger partial charge in [0.2, 0.25) is 0 Å². The van der Waals surface area contributed by atoms with Gasteiger partial charge in [-0.3, -0.25) is 0 Å². The first kappa shape index (κ1) is 13.8. The van der Waals surface area contributed by atoms with Crippen LogP contribution in [0, 0.1) is 0 Å². The number of benzene rings is 1. The van der Waals surface area contributed by atoms with E-state index >= 15 is 0 Å². The van der Waals surface area contributed by atoms with E-state index in [9.17, 15) is 0 Å². The summed E-state index contributed by atoms with van der Waals surface area (Å²) in [6, 6.07) is 7.90. The molecule has 1 rings (SSSR count). The van der Waals surface area contributed by atoms with Crippen LogP contribution in [0.2, 0.25) is 5.02 Å². The quantitative estimate of drug-likeness (QED) is 0.316. The van der Waals surface area contributed by atoms with E-state index in [0.29, 0.717) is 6.42 Å². The zero-order chi connectivity index (χ0) is 12.7. The van der Waals surface area contributed by atoms with Gasteiger partial charge in [0.05, 0.1) is 0 Å². The van der Waals surface area contributed by atoms with E-state index in [1.807, 2.05) is 24.3 Å². The molecule has 1 atom stereocenters. The molecule has 1 aromatic carbocycles. The third-order valence-electron chi connectivity index (χ3n) is 2.56. The maximum absolute atomic E-state index is 8.52. The summed E-state index contributed by atoms with van der Waals surface area (Å²) in [6.45, 7) is 2.78. The molecule has 0 aromatic heterocycles. The van der Waals surface area contributed by atoms with Gasteiger partial charge in [0.15, 0.2) is 0 Å². The summed E-state index contributed by atoms with van der Waals surface area (Å²) in [6.07, 6.45) is 1.45. The number of nitrogens with zero attached hydrogens (tertiary/aromatic N) is 1. The van der Waals surface area contributed by atoms with E-state index in [1.165, 1.54) is 0 Å². The van der Waals surface area contributed by atoms with Crippen molar-refractivity contribution < 1.29 is 5.21 Å². The van der Waals surface area contributed by atoms with E-state index in [4.69, 9.17) is 22.5 Å². The summed E-state index contributed by atoms with van der Waals surface area (Å²) >= 11 is 5.90. The average Bonchev–Trinajstić information content (AvgIpc) is 2.34. The second-order valence-electron chi connectivity index (χ2n) is 3.91. The normalized spacial score (nSPS) is 13.6. The van der Waals surface area contributed by atoms with Gasteiger partial charge in [0.25, 0.3) is 0 Å². The summed E-state index contributed by atoms with van der Waals surface area (Å²) in [5.74, 6) is 0.246. The minimum Gasteiger partial charge on any atom is -0.409 e. The third-order valence-corrected chi connectivity index (χ3v) is 2.80. The van der Waals surface area contributed by atoms with E-state index in [2.05, 4.69) is 17.4 Å². The molecule has 1 unspecified atom stereocenters. The van der Waals surface area contributed by atoms with Gasteiger partial charge in [0, 0.05) is 24.0 Å². The molecule has 94 valence electrons. The van der Waals surface area contributed by atoms with Crippen molar-refractivity contribution in [2.24, 2.45) is 10.9 Å². The Hall–Kier alpha value is -1.26. The highest BCUT2D eigenvalue weighted by molar-refractivity contribution is 6.30. The van der Waals surface area contributed by atoms with Crippen LogP contribution in [0.25, 0.3) is 0 Å². The van der Waals surface area contributed by atoms with E-state index < -0.39 is 0 Å². The smallest absolute Gasteiger partial charge is 0.140 e. The van der Waals surface area contributed by atoms with Crippen LogP contribution < -0.4 is 11.1 Å². The minimum atomic E-state index is 0.199. The van der Waals surface area contributed by atoms with Crippen LogP contribution in [0.15, 0.2) is 29.4 Å².